The zero-order valence-corrected chi connectivity index (χ0v) is 12.2. The highest BCUT2D eigenvalue weighted by Crippen LogP contribution is 2.32. The topological polar surface area (TPSA) is 25.8 Å². The highest BCUT2D eigenvalue weighted by atomic mass is 79.9. The SMILES string of the molecule is CC(Cl)c1nnc(-c2ccc(Br)c(Cl)c2)s1. The van der Waals surface area contributed by atoms with Crippen LogP contribution in [0.2, 0.25) is 5.02 Å². The average Bonchev–Trinajstić information content (AvgIpc) is 2.71. The van der Waals surface area contributed by atoms with Gasteiger partial charge in [0.1, 0.15) is 10.0 Å². The lowest BCUT2D eigenvalue weighted by Gasteiger charge is -1.98. The van der Waals surface area contributed by atoms with Crippen molar-refractivity contribution in [3.63, 3.8) is 0 Å². The molecule has 1 unspecified atom stereocenters. The van der Waals surface area contributed by atoms with Gasteiger partial charge in [-0.2, -0.15) is 0 Å². The highest BCUT2D eigenvalue weighted by molar-refractivity contribution is 9.10. The molecule has 1 aromatic heterocycles. The number of hydrogen-bond acceptors (Lipinski definition) is 3. The molecule has 6 heteroatoms. The molecule has 0 fully saturated rings. The molecule has 0 radical (unpaired) electrons. The maximum absolute atomic E-state index is 6.02. The number of halogens is 3. The van der Waals surface area contributed by atoms with Crippen molar-refractivity contribution in [2.75, 3.05) is 0 Å². The molecule has 16 heavy (non-hydrogen) atoms. The average molecular weight is 338 g/mol. The molecule has 0 aliphatic rings. The molecule has 0 saturated heterocycles. The van der Waals surface area contributed by atoms with E-state index < -0.39 is 0 Å². The molecule has 0 aliphatic heterocycles. The van der Waals surface area contributed by atoms with Crippen molar-refractivity contribution in [1.82, 2.24) is 10.2 Å². The van der Waals surface area contributed by atoms with Crippen LogP contribution in [0.3, 0.4) is 0 Å². The molecule has 84 valence electrons. The fourth-order valence-corrected chi connectivity index (χ4v) is 2.51. The van der Waals surface area contributed by atoms with E-state index in [0.717, 1.165) is 20.1 Å². The molecule has 0 bridgehead atoms. The van der Waals surface area contributed by atoms with Crippen LogP contribution in [0, 0.1) is 0 Å². The lowest BCUT2D eigenvalue weighted by Crippen LogP contribution is -1.81. The van der Waals surface area contributed by atoms with Crippen molar-refractivity contribution >= 4 is 50.5 Å². The third-order valence-electron chi connectivity index (χ3n) is 1.95. The van der Waals surface area contributed by atoms with E-state index in [-0.39, 0.29) is 5.38 Å². The van der Waals surface area contributed by atoms with E-state index in [1.807, 2.05) is 25.1 Å². The third-order valence-corrected chi connectivity index (χ3v) is 4.67. The fourth-order valence-electron chi connectivity index (χ4n) is 1.14. The Kier molecular flexibility index (Phi) is 3.85. The lowest BCUT2D eigenvalue weighted by atomic mass is 10.2. The summed E-state index contributed by atoms with van der Waals surface area (Å²) in [6.07, 6.45) is 0. The van der Waals surface area contributed by atoms with Gasteiger partial charge in [0.05, 0.1) is 10.4 Å². The number of hydrogen-bond donors (Lipinski definition) is 0. The summed E-state index contributed by atoms with van der Waals surface area (Å²) in [4.78, 5) is 0. The third kappa shape index (κ3) is 2.56. The van der Waals surface area contributed by atoms with Gasteiger partial charge < -0.3 is 0 Å². The zero-order valence-electron chi connectivity index (χ0n) is 8.25. The van der Waals surface area contributed by atoms with Crippen molar-refractivity contribution in [2.24, 2.45) is 0 Å². The molecule has 0 spiro atoms. The van der Waals surface area contributed by atoms with Gasteiger partial charge in [0, 0.05) is 10.0 Å². The Morgan fingerprint density at radius 1 is 1.38 bits per heavy atom. The first-order chi connectivity index (χ1) is 7.58. The predicted molar refractivity (Wildman–Crippen MR) is 72.3 cm³/mol. The second kappa shape index (κ2) is 5.00. The van der Waals surface area contributed by atoms with Crippen LogP contribution in [0.15, 0.2) is 22.7 Å². The Bertz CT molecular complexity index is 513. The van der Waals surface area contributed by atoms with Crippen molar-refractivity contribution in [3.05, 3.63) is 32.7 Å². The van der Waals surface area contributed by atoms with Gasteiger partial charge in [-0.1, -0.05) is 29.0 Å². The van der Waals surface area contributed by atoms with E-state index in [2.05, 4.69) is 26.1 Å². The van der Waals surface area contributed by atoms with Gasteiger partial charge in [0.15, 0.2) is 0 Å². The summed E-state index contributed by atoms with van der Waals surface area (Å²) < 4.78 is 0.869. The molecule has 0 saturated carbocycles. The molecule has 0 amide bonds. The van der Waals surface area contributed by atoms with Crippen LogP contribution < -0.4 is 0 Å². The number of benzene rings is 1. The van der Waals surface area contributed by atoms with Crippen molar-refractivity contribution in [1.29, 1.82) is 0 Å². The minimum absolute atomic E-state index is 0.114. The standard InChI is InChI=1S/C10H7BrCl2N2S/c1-5(12)9-14-15-10(16-9)6-2-3-7(11)8(13)4-6/h2-5H,1H3. The molecule has 1 aromatic carbocycles. The second-order valence-corrected chi connectivity index (χ2v) is 6.12. The van der Waals surface area contributed by atoms with Crippen molar-refractivity contribution < 1.29 is 0 Å². The van der Waals surface area contributed by atoms with Crippen LogP contribution in [0.25, 0.3) is 10.6 Å². The first-order valence-electron chi connectivity index (χ1n) is 4.51. The van der Waals surface area contributed by atoms with Crippen LogP contribution >= 0.6 is 50.5 Å². The van der Waals surface area contributed by atoms with Gasteiger partial charge in [-0.3, -0.25) is 0 Å². The van der Waals surface area contributed by atoms with Crippen LogP contribution in [-0.4, -0.2) is 10.2 Å². The van der Waals surface area contributed by atoms with Gasteiger partial charge in [-0.25, -0.2) is 0 Å². The summed E-state index contributed by atoms with van der Waals surface area (Å²) >= 11 is 16.8. The maximum atomic E-state index is 6.02. The Labute approximate surface area is 116 Å². The quantitative estimate of drug-likeness (QED) is 0.727. The van der Waals surface area contributed by atoms with Crippen LogP contribution in [-0.2, 0) is 0 Å². The fraction of sp³-hybridized carbons (Fsp3) is 0.200. The summed E-state index contributed by atoms with van der Waals surface area (Å²) in [6.45, 7) is 1.88. The van der Waals surface area contributed by atoms with E-state index >= 15 is 0 Å². The lowest BCUT2D eigenvalue weighted by molar-refractivity contribution is 0.962. The monoisotopic (exact) mass is 336 g/mol. The van der Waals surface area contributed by atoms with Crippen LogP contribution in [0.5, 0.6) is 0 Å². The van der Waals surface area contributed by atoms with Gasteiger partial charge in [0.2, 0.25) is 0 Å². The number of nitrogens with zero attached hydrogens (tertiary/aromatic N) is 2. The number of alkyl halides is 1. The van der Waals surface area contributed by atoms with E-state index in [9.17, 15) is 0 Å². The van der Waals surface area contributed by atoms with Crippen LogP contribution in [0.4, 0.5) is 0 Å². The molecule has 0 N–H and O–H groups in total. The Morgan fingerprint density at radius 2 is 2.12 bits per heavy atom. The molecular weight excluding hydrogens is 331 g/mol. The molecule has 2 rings (SSSR count). The Balaban J connectivity index is 2.39. The summed E-state index contributed by atoms with van der Waals surface area (Å²) in [5.74, 6) is 0. The largest absolute Gasteiger partial charge is 0.147 e. The molecule has 2 aromatic rings. The van der Waals surface area contributed by atoms with Gasteiger partial charge >= 0.3 is 0 Å². The van der Waals surface area contributed by atoms with Gasteiger partial charge in [0.25, 0.3) is 0 Å². The molecule has 1 atom stereocenters. The van der Waals surface area contributed by atoms with E-state index in [0.29, 0.717) is 5.02 Å². The smallest absolute Gasteiger partial charge is 0.142 e. The normalized spacial score (nSPS) is 12.8. The molecule has 0 aliphatic carbocycles. The summed E-state index contributed by atoms with van der Waals surface area (Å²) in [6, 6.07) is 5.69. The van der Waals surface area contributed by atoms with E-state index in [1.165, 1.54) is 11.3 Å². The first-order valence-corrected chi connectivity index (χ1v) is 6.93. The Hall–Kier alpha value is -0.160. The minimum atomic E-state index is -0.114. The first kappa shape index (κ1) is 12.3. The molecule has 1 heterocycles. The summed E-state index contributed by atoms with van der Waals surface area (Å²) in [5, 5.41) is 10.3. The van der Waals surface area contributed by atoms with Crippen molar-refractivity contribution in [3.8, 4) is 10.6 Å². The highest BCUT2D eigenvalue weighted by Gasteiger charge is 2.11. The summed E-state index contributed by atoms with van der Waals surface area (Å²) in [7, 11) is 0. The van der Waals surface area contributed by atoms with E-state index in [4.69, 9.17) is 23.2 Å². The summed E-state index contributed by atoms with van der Waals surface area (Å²) in [5.41, 5.74) is 0.953. The van der Waals surface area contributed by atoms with Crippen LogP contribution in [0.1, 0.15) is 17.3 Å². The van der Waals surface area contributed by atoms with Gasteiger partial charge in [-0.15, -0.1) is 21.8 Å². The predicted octanol–water partition coefficient (Wildman–Crippen LogP) is 4.92. The molecule has 2 nitrogen and oxygen atoms in total. The number of aromatic nitrogens is 2. The van der Waals surface area contributed by atoms with E-state index in [1.54, 1.807) is 0 Å². The zero-order chi connectivity index (χ0) is 11.7. The minimum Gasteiger partial charge on any atom is -0.142 e. The maximum Gasteiger partial charge on any atom is 0.147 e. The molecular formula is C10H7BrCl2N2S. The Morgan fingerprint density at radius 3 is 2.69 bits per heavy atom. The number of rotatable bonds is 2. The van der Waals surface area contributed by atoms with Crippen molar-refractivity contribution in [2.45, 2.75) is 12.3 Å². The van der Waals surface area contributed by atoms with Gasteiger partial charge in [-0.05, 0) is 35.0 Å². The second-order valence-electron chi connectivity index (χ2n) is 3.19.